The first-order valence-electron chi connectivity index (χ1n) is 8.81. The summed E-state index contributed by atoms with van der Waals surface area (Å²) in [5, 5.41) is 0. The monoisotopic (exact) mass is 397 g/mol. The first-order valence-corrected chi connectivity index (χ1v) is 8.81. The highest BCUT2D eigenvalue weighted by Gasteiger charge is 2.42. The Bertz CT molecular complexity index is 1030. The summed E-state index contributed by atoms with van der Waals surface area (Å²) in [7, 11) is -6.00. The van der Waals surface area contributed by atoms with Gasteiger partial charge in [-0.2, -0.15) is 0 Å². The first kappa shape index (κ1) is 20.3. The molecule has 7 heteroatoms. The van der Waals surface area contributed by atoms with Gasteiger partial charge >= 0.3 is 13.2 Å². The van der Waals surface area contributed by atoms with Gasteiger partial charge in [-0.15, -0.1) is 4.58 Å². The number of halogens is 4. The Hall–Kier alpha value is -3.48. The van der Waals surface area contributed by atoms with Gasteiger partial charge in [0.15, 0.2) is 0 Å². The molecule has 2 nitrogen and oxygen atoms in total. The van der Waals surface area contributed by atoms with Crippen LogP contribution in [0.4, 0.5) is 23.0 Å². The van der Waals surface area contributed by atoms with Crippen LogP contribution in [0.15, 0.2) is 114 Å². The molecule has 4 rings (SSSR count). The lowest BCUT2D eigenvalue weighted by Gasteiger charge is -1.99. The zero-order valence-corrected chi connectivity index (χ0v) is 15.2. The molecule has 0 N–H and O–H groups in total. The van der Waals surface area contributed by atoms with Crippen LogP contribution < -0.4 is 0 Å². The summed E-state index contributed by atoms with van der Waals surface area (Å²) >= 11 is 0. The topological polar surface area (TPSA) is 20.1 Å². The van der Waals surface area contributed by atoms with Crippen LogP contribution in [0.2, 0.25) is 0 Å². The number of fused-ring (bicyclic) bond motifs is 1. The Balaban J connectivity index is 0.000000431. The predicted octanol–water partition coefficient (Wildman–Crippen LogP) is 5.64. The molecule has 0 saturated heterocycles. The van der Waals surface area contributed by atoms with Crippen molar-refractivity contribution in [3.05, 3.63) is 114 Å². The highest BCUT2D eigenvalue weighted by Crippen LogP contribution is 2.32. The standard InChI is InChI=1S/C22H16NO.BF4/c24-22-21(17-11-5-1-2-6-12-17)19-15-9-4-10-16-20(19)23(22)18-13-7-3-8-14-18;2-1(3,4)5/h1-16H;/q+1;-1. The third kappa shape index (κ3) is 5.07. The molecule has 146 valence electrons. The molecule has 0 fully saturated rings. The maximum absolute atomic E-state index is 13.3. The lowest BCUT2D eigenvalue weighted by molar-refractivity contribution is -0.356. The van der Waals surface area contributed by atoms with Gasteiger partial charge in [0.2, 0.25) is 11.4 Å². The van der Waals surface area contributed by atoms with Crippen molar-refractivity contribution in [2.75, 3.05) is 0 Å². The maximum Gasteiger partial charge on any atom is 0.673 e. The van der Waals surface area contributed by atoms with E-state index in [0.29, 0.717) is 0 Å². The van der Waals surface area contributed by atoms with Crippen molar-refractivity contribution in [3.63, 3.8) is 0 Å². The zero-order chi connectivity index (χ0) is 20.9. The second kappa shape index (κ2) is 8.69. The first-order chi connectivity index (χ1) is 13.9. The summed E-state index contributed by atoms with van der Waals surface area (Å²) in [5.74, 6) is 0.00796. The van der Waals surface area contributed by atoms with Crippen molar-refractivity contribution >= 4 is 24.6 Å². The Kier molecular flexibility index (Phi) is 6.07. The molecule has 0 aromatic heterocycles. The number of amides is 1. The lowest BCUT2D eigenvalue weighted by Crippen LogP contribution is -2.14. The van der Waals surface area contributed by atoms with Gasteiger partial charge in [-0.1, -0.05) is 72.9 Å². The number of carbonyl (C=O) groups excluding carboxylic acids is 1. The van der Waals surface area contributed by atoms with Crippen LogP contribution in [0, 0.1) is 0 Å². The SMILES string of the molecule is F[B-](F)(F)F.O=C1C(=C2C=CC=CC=C2)C2=CC=CC=CC2=[N+]1c1ccccc1. The van der Waals surface area contributed by atoms with E-state index in [9.17, 15) is 22.1 Å². The van der Waals surface area contributed by atoms with Crippen LogP contribution in [0.3, 0.4) is 0 Å². The minimum atomic E-state index is -6.00. The van der Waals surface area contributed by atoms with E-state index >= 15 is 0 Å². The molecule has 3 aliphatic rings. The van der Waals surface area contributed by atoms with Crippen molar-refractivity contribution in [2.24, 2.45) is 0 Å². The zero-order valence-electron chi connectivity index (χ0n) is 15.2. The van der Waals surface area contributed by atoms with Gasteiger partial charge in [-0.05, 0) is 11.6 Å². The number of hydrogen-bond acceptors (Lipinski definition) is 1. The summed E-state index contributed by atoms with van der Waals surface area (Å²) in [6, 6.07) is 9.78. The van der Waals surface area contributed by atoms with Gasteiger partial charge in [0.25, 0.3) is 0 Å². The Morgan fingerprint density at radius 3 is 1.90 bits per heavy atom. The number of rotatable bonds is 1. The van der Waals surface area contributed by atoms with Crippen LogP contribution in [-0.2, 0) is 4.79 Å². The van der Waals surface area contributed by atoms with E-state index in [1.54, 1.807) is 4.58 Å². The molecule has 0 atom stereocenters. The molecule has 1 aromatic carbocycles. The predicted molar refractivity (Wildman–Crippen MR) is 107 cm³/mol. The van der Waals surface area contributed by atoms with Crippen molar-refractivity contribution in [3.8, 4) is 0 Å². The van der Waals surface area contributed by atoms with E-state index in [1.165, 1.54) is 0 Å². The molecular formula is C22H16BF4NO. The molecule has 1 aliphatic heterocycles. The minimum Gasteiger partial charge on any atom is -0.418 e. The summed E-state index contributed by atoms with van der Waals surface area (Å²) < 4.78 is 40.8. The highest BCUT2D eigenvalue weighted by atomic mass is 19.5. The Morgan fingerprint density at radius 2 is 1.28 bits per heavy atom. The third-order valence-corrected chi connectivity index (χ3v) is 4.13. The van der Waals surface area contributed by atoms with Crippen molar-refractivity contribution in [1.29, 1.82) is 0 Å². The molecule has 1 amide bonds. The number of allylic oxidation sites excluding steroid dienone is 12. The number of carbonyl (C=O) groups is 1. The fourth-order valence-corrected chi connectivity index (χ4v) is 3.06. The van der Waals surface area contributed by atoms with Gasteiger partial charge in [0, 0.05) is 18.2 Å². The van der Waals surface area contributed by atoms with Crippen LogP contribution in [0.1, 0.15) is 0 Å². The Morgan fingerprint density at radius 1 is 0.724 bits per heavy atom. The van der Waals surface area contributed by atoms with Crippen molar-refractivity contribution in [2.45, 2.75) is 0 Å². The van der Waals surface area contributed by atoms with E-state index < -0.39 is 7.25 Å². The van der Waals surface area contributed by atoms with E-state index in [4.69, 9.17) is 0 Å². The van der Waals surface area contributed by atoms with Gasteiger partial charge < -0.3 is 17.3 Å². The molecular weight excluding hydrogens is 381 g/mol. The molecule has 0 radical (unpaired) electrons. The molecule has 0 spiro atoms. The van der Waals surface area contributed by atoms with Gasteiger partial charge in [-0.3, -0.25) is 0 Å². The van der Waals surface area contributed by atoms with Crippen molar-refractivity contribution in [1.82, 2.24) is 0 Å². The van der Waals surface area contributed by atoms with Crippen LogP contribution in [-0.4, -0.2) is 23.4 Å². The lowest BCUT2D eigenvalue weighted by atomic mass is 9.97. The summed E-state index contributed by atoms with van der Waals surface area (Å²) in [4.78, 5) is 13.3. The summed E-state index contributed by atoms with van der Waals surface area (Å²) in [5.41, 5.74) is 4.42. The summed E-state index contributed by atoms with van der Waals surface area (Å²) in [6.45, 7) is 0. The average molecular weight is 397 g/mol. The molecule has 1 heterocycles. The molecule has 29 heavy (non-hydrogen) atoms. The largest absolute Gasteiger partial charge is 0.673 e. The smallest absolute Gasteiger partial charge is 0.418 e. The molecule has 0 bridgehead atoms. The normalized spacial score (nSPS) is 17.7. The number of benzene rings is 1. The maximum atomic E-state index is 13.3. The van der Waals surface area contributed by atoms with Crippen LogP contribution in [0.5, 0.6) is 0 Å². The second-order valence-electron chi connectivity index (χ2n) is 6.11. The Labute approximate surface area is 165 Å². The van der Waals surface area contributed by atoms with E-state index in [1.807, 2.05) is 97.2 Å². The molecule has 1 aromatic rings. The second-order valence-corrected chi connectivity index (χ2v) is 6.11. The molecule has 0 unspecified atom stereocenters. The fraction of sp³-hybridized carbons (Fsp3) is 0. The number of hydrogen-bond donors (Lipinski definition) is 0. The van der Waals surface area contributed by atoms with E-state index in [-0.39, 0.29) is 5.91 Å². The molecule has 2 aliphatic carbocycles. The summed E-state index contributed by atoms with van der Waals surface area (Å²) in [6.07, 6.45) is 21.8. The van der Waals surface area contributed by atoms with E-state index in [2.05, 4.69) is 0 Å². The highest BCUT2D eigenvalue weighted by molar-refractivity contribution is 6.50. The molecule has 0 saturated carbocycles. The number of para-hydroxylation sites is 1. The fourth-order valence-electron chi connectivity index (χ4n) is 3.06. The van der Waals surface area contributed by atoms with Gasteiger partial charge in [0.1, 0.15) is 5.57 Å². The average Bonchev–Trinajstić information content (AvgIpc) is 2.93. The minimum absolute atomic E-state index is 0.00796. The number of nitrogens with zero attached hydrogens (tertiary/aromatic N) is 1. The van der Waals surface area contributed by atoms with Gasteiger partial charge in [-0.25, -0.2) is 4.79 Å². The van der Waals surface area contributed by atoms with E-state index in [0.717, 1.165) is 28.1 Å². The third-order valence-electron chi connectivity index (χ3n) is 4.13. The van der Waals surface area contributed by atoms with Gasteiger partial charge in [0.05, 0.1) is 5.57 Å². The van der Waals surface area contributed by atoms with Crippen molar-refractivity contribution < 1.29 is 26.6 Å². The van der Waals surface area contributed by atoms with Crippen LogP contribution in [0.25, 0.3) is 0 Å². The van der Waals surface area contributed by atoms with Crippen LogP contribution >= 0.6 is 0 Å². The quantitative estimate of drug-likeness (QED) is 0.260.